The molecule has 0 saturated carbocycles. The van der Waals surface area contributed by atoms with Crippen LogP contribution in [0.15, 0.2) is 54.8 Å². The van der Waals surface area contributed by atoms with Crippen molar-refractivity contribution in [2.45, 2.75) is 52.2 Å². The third-order valence-electron chi connectivity index (χ3n) is 5.59. The zero-order chi connectivity index (χ0) is 23.8. The molecule has 1 heterocycles. The van der Waals surface area contributed by atoms with Crippen molar-refractivity contribution in [3.63, 3.8) is 0 Å². The van der Waals surface area contributed by atoms with Crippen molar-refractivity contribution in [2.24, 2.45) is 5.41 Å². The van der Waals surface area contributed by atoms with Crippen LogP contribution in [0.2, 0.25) is 5.02 Å². The summed E-state index contributed by atoms with van der Waals surface area (Å²) in [5.41, 5.74) is -0.158. The molecule has 0 aliphatic carbocycles. The fraction of sp³-hybridized carbons (Fsp3) is 0.360. The molecule has 2 amide bonds. The van der Waals surface area contributed by atoms with Crippen LogP contribution in [0.4, 0.5) is 9.18 Å². The van der Waals surface area contributed by atoms with Crippen molar-refractivity contribution in [2.75, 3.05) is 0 Å². The van der Waals surface area contributed by atoms with Gasteiger partial charge in [-0.3, -0.25) is 4.79 Å². The van der Waals surface area contributed by atoms with E-state index in [4.69, 9.17) is 16.3 Å². The van der Waals surface area contributed by atoms with Crippen LogP contribution < -0.4 is 0 Å². The van der Waals surface area contributed by atoms with E-state index in [1.807, 2.05) is 12.1 Å². The Morgan fingerprint density at radius 1 is 1.28 bits per heavy atom. The fourth-order valence-corrected chi connectivity index (χ4v) is 4.01. The Balaban J connectivity index is 1.88. The van der Waals surface area contributed by atoms with Crippen molar-refractivity contribution in [1.82, 2.24) is 4.90 Å². The van der Waals surface area contributed by atoms with Crippen LogP contribution in [-0.2, 0) is 16.0 Å². The molecular formula is C25H27ClFNO4. The number of aliphatic hydroxyl groups excluding tert-OH is 1. The monoisotopic (exact) mass is 459 g/mol. The number of rotatable bonds is 4. The summed E-state index contributed by atoms with van der Waals surface area (Å²) in [6.45, 7) is 10.3. The minimum Gasteiger partial charge on any atom is -0.512 e. The second-order valence-corrected chi connectivity index (χ2v) is 9.75. The molecule has 2 atom stereocenters. The van der Waals surface area contributed by atoms with E-state index in [2.05, 4.69) is 6.58 Å². The fourth-order valence-electron chi connectivity index (χ4n) is 3.84. The number of ether oxygens (including phenoxy) is 1. The highest BCUT2D eigenvalue weighted by Crippen LogP contribution is 2.42. The summed E-state index contributed by atoms with van der Waals surface area (Å²) in [4.78, 5) is 26.9. The lowest BCUT2D eigenvalue weighted by Crippen LogP contribution is -2.44. The third kappa shape index (κ3) is 4.80. The number of likely N-dealkylation sites (tertiary alicyclic amines) is 1. The predicted molar refractivity (Wildman–Crippen MR) is 122 cm³/mol. The third-order valence-corrected chi connectivity index (χ3v) is 5.83. The van der Waals surface area contributed by atoms with Crippen LogP contribution in [0.1, 0.15) is 39.7 Å². The van der Waals surface area contributed by atoms with Gasteiger partial charge in [0, 0.05) is 16.6 Å². The van der Waals surface area contributed by atoms with Crippen molar-refractivity contribution < 1.29 is 23.8 Å². The van der Waals surface area contributed by atoms with Gasteiger partial charge >= 0.3 is 6.09 Å². The molecule has 32 heavy (non-hydrogen) atoms. The molecule has 1 N–H and O–H groups in total. The molecule has 170 valence electrons. The topological polar surface area (TPSA) is 66.8 Å². The number of hydrogen-bond donors (Lipinski definition) is 1. The number of halogens is 2. The van der Waals surface area contributed by atoms with E-state index in [0.29, 0.717) is 22.6 Å². The number of hydrogen-bond acceptors (Lipinski definition) is 4. The van der Waals surface area contributed by atoms with Crippen LogP contribution in [0.5, 0.6) is 0 Å². The zero-order valence-electron chi connectivity index (χ0n) is 18.6. The maximum Gasteiger partial charge on any atom is 0.417 e. The van der Waals surface area contributed by atoms with Crippen LogP contribution in [0.3, 0.4) is 0 Å². The van der Waals surface area contributed by atoms with Crippen LogP contribution >= 0.6 is 11.6 Å². The normalized spacial score (nSPS) is 21.0. The first kappa shape index (κ1) is 23.8. The minimum absolute atomic E-state index is 0.213. The van der Waals surface area contributed by atoms with E-state index < -0.39 is 29.1 Å². The quantitative estimate of drug-likeness (QED) is 0.544. The van der Waals surface area contributed by atoms with Crippen molar-refractivity contribution in [3.8, 4) is 11.1 Å². The van der Waals surface area contributed by atoms with E-state index in [9.17, 15) is 19.1 Å². The van der Waals surface area contributed by atoms with E-state index in [1.54, 1.807) is 45.9 Å². The van der Waals surface area contributed by atoms with Crippen molar-refractivity contribution in [1.29, 1.82) is 0 Å². The first-order chi connectivity index (χ1) is 14.8. The SMILES string of the molecule is C=C(O)[C@]1(C)C[C@@H](Cc2ccc(-c3cc(Cl)ccc3F)cc2)N(C(=O)OC(C)(C)C)C1=O. The molecule has 0 aromatic heterocycles. The summed E-state index contributed by atoms with van der Waals surface area (Å²) in [5.74, 6) is -1.20. The van der Waals surface area contributed by atoms with Gasteiger partial charge in [-0.2, -0.15) is 0 Å². The molecule has 1 saturated heterocycles. The summed E-state index contributed by atoms with van der Waals surface area (Å²) in [6.07, 6.45) is -0.188. The first-order valence-corrected chi connectivity index (χ1v) is 10.7. The van der Waals surface area contributed by atoms with Gasteiger partial charge in [-0.15, -0.1) is 0 Å². The second kappa shape index (κ2) is 8.58. The number of aliphatic hydroxyl groups is 1. The summed E-state index contributed by atoms with van der Waals surface area (Å²) in [7, 11) is 0. The maximum atomic E-state index is 14.2. The van der Waals surface area contributed by atoms with Gasteiger partial charge in [0.2, 0.25) is 5.91 Å². The largest absolute Gasteiger partial charge is 0.512 e. The highest BCUT2D eigenvalue weighted by Gasteiger charge is 2.53. The Bertz CT molecular complexity index is 1060. The highest BCUT2D eigenvalue weighted by molar-refractivity contribution is 6.30. The molecule has 0 bridgehead atoms. The van der Waals surface area contributed by atoms with Gasteiger partial charge in [-0.25, -0.2) is 14.1 Å². The number of amides is 2. The standard InChI is InChI=1S/C25H27ClFNO4/c1-15(29)25(5)14-19(28(22(25)30)23(31)32-24(2,3)4)12-16-6-8-17(9-7-16)20-13-18(26)10-11-21(20)27/h6-11,13,19,29H,1,12,14H2,2-5H3/t19-,25+/m1/s1. The Morgan fingerprint density at radius 2 is 1.91 bits per heavy atom. The molecule has 0 spiro atoms. The van der Waals surface area contributed by atoms with Gasteiger partial charge in [0.25, 0.3) is 0 Å². The lowest BCUT2D eigenvalue weighted by Gasteiger charge is -2.27. The molecule has 3 rings (SSSR count). The molecule has 7 heteroatoms. The number of carbonyl (C=O) groups is 2. The zero-order valence-corrected chi connectivity index (χ0v) is 19.4. The Kier molecular flexibility index (Phi) is 6.38. The van der Waals surface area contributed by atoms with Crippen LogP contribution in [-0.4, -0.2) is 33.6 Å². The minimum atomic E-state index is -1.27. The summed E-state index contributed by atoms with van der Waals surface area (Å²) < 4.78 is 19.6. The molecular weight excluding hydrogens is 433 g/mol. The first-order valence-electron chi connectivity index (χ1n) is 10.3. The Morgan fingerprint density at radius 3 is 2.47 bits per heavy atom. The van der Waals surface area contributed by atoms with Crippen molar-refractivity contribution in [3.05, 3.63) is 71.2 Å². The average Bonchev–Trinajstić information content (AvgIpc) is 2.94. The summed E-state index contributed by atoms with van der Waals surface area (Å²) in [6, 6.07) is 11.0. The van der Waals surface area contributed by atoms with E-state index in [1.165, 1.54) is 12.1 Å². The average molecular weight is 460 g/mol. The molecule has 0 radical (unpaired) electrons. The van der Waals surface area contributed by atoms with Crippen LogP contribution in [0, 0.1) is 11.2 Å². The molecule has 1 fully saturated rings. The highest BCUT2D eigenvalue weighted by atomic mass is 35.5. The van der Waals surface area contributed by atoms with E-state index in [0.717, 1.165) is 10.5 Å². The van der Waals surface area contributed by atoms with E-state index >= 15 is 0 Å². The van der Waals surface area contributed by atoms with Gasteiger partial charge in [0.1, 0.15) is 22.6 Å². The lowest BCUT2D eigenvalue weighted by atomic mass is 9.84. The Hall–Kier alpha value is -2.86. The summed E-state index contributed by atoms with van der Waals surface area (Å²) in [5, 5.41) is 10.5. The predicted octanol–water partition coefficient (Wildman–Crippen LogP) is 6.30. The van der Waals surface area contributed by atoms with Gasteiger partial charge in [-0.05, 0) is 69.9 Å². The van der Waals surface area contributed by atoms with Gasteiger partial charge < -0.3 is 9.84 Å². The maximum absolute atomic E-state index is 14.2. The molecule has 0 unspecified atom stereocenters. The smallest absolute Gasteiger partial charge is 0.417 e. The molecule has 2 aromatic carbocycles. The lowest BCUT2D eigenvalue weighted by molar-refractivity contribution is -0.134. The molecule has 5 nitrogen and oxygen atoms in total. The molecule has 1 aliphatic heterocycles. The van der Waals surface area contributed by atoms with Crippen molar-refractivity contribution >= 4 is 23.6 Å². The Labute approximate surface area is 192 Å². The van der Waals surface area contributed by atoms with E-state index in [-0.39, 0.29) is 18.0 Å². The van der Waals surface area contributed by atoms with Gasteiger partial charge in [0.15, 0.2) is 0 Å². The number of imide groups is 1. The number of carbonyl (C=O) groups excluding carboxylic acids is 2. The number of nitrogens with zero attached hydrogens (tertiary/aromatic N) is 1. The molecule has 1 aliphatic rings. The molecule has 2 aromatic rings. The van der Waals surface area contributed by atoms with Gasteiger partial charge in [-0.1, -0.05) is 42.4 Å². The van der Waals surface area contributed by atoms with Gasteiger partial charge in [0.05, 0.1) is 0 Å². The van der Waals surface area contributed by atoms with Crippen LogP contribution in [0.25, 0.3) is 11.1 Å². The number of benzene rings is 2. The second-order valence-electron chi connectivity index (χ2n) is 9.32. The summed E-state index contributed by atoms with van der Waals surface area (Å²) >= 11 is 5.99.